The molecule has 3 rings (SSSR count). The number of nitrogens with one attached hydrogen (secondary N) is 2. The first kappa shape index (κ1) is 21.9. The van der Waals surface area contributed by atoms with Crippen LogP contribution in [0.1, 0.15) is 12.0 Å². The van der Waals surface area contributed by atoms with Crippen LogP contribution in [0.2, 0.25) is 0 Å². The molecular weight excluding hydrogens is 380 g/mol. The number of anilines is 2. The van der Waals surface area contributed by atoms with Gasteiger partial charge in [0.25, 0.3) is 0 Å². The molecule has 1 fully saturated rings. The van der Waals surface area contributed by atoms with Crippen molar-refractivity contribution >= 4 is 17.3 Å². The standard InChI is InChI=1S/C23H32N4O3/c1-24-23(26-20-5-3-6-22(17-20)30-14-4-13-28-2)25-18-19-7-9-21(10-8-19)27-11-15-29-16-12-27/h3,5-10,17H,4,11-16,18H2,1-2H3,(H2,24,25,26). The first-order valence-electron chi connectivity index (χ1n) is 10.4. The molecule has 30 heavy (non-hydrogen) atoms. The van der Waals surface area contributed by atoms with Crippen LogP contribution in [-0.2, 0) is 16.0 Å². The lowest BCUT2D eigenvalue weighted by atomic mass is 10.2. The van der Waals surface area contributed by atoms with Gasteiger partial charge in [-0.3, -0.25) is 4.99 Å². The highest BCUT2D eigenvalue weighted by Crippen LogP contribution is 2.18. The van der Waals surface area contributed by atoms with Gasteiger partial charge in [-0.05, 0) is 29.8 Å². The Morgan fingerprint density at radius 1 is 1.10 bits per heavy atom. The monoisotopic (exact) mass is 412 g/mol. The third kappa shape index (κ3) is 6.93. The van der Waals surface area contributed by atoms with Crippen LogP contribution >= 0.6 is 0 Å². The Morgan fingerprint density at radius 3 is 2.63 bits per heavy atom. The number of benzene rings is 2. The minimum atomic E-state index is 0.630. The Bertz CT molecular complexity index is 789. The molecule has 7 nitrogen and oxygen atoms in total. The molecule has 0 amide bonds. The fourth-order valence-electron chi connectivity index (χ4n) is 3.20. The summed E-state index contributed by atoms with van der Waals surface area (Å²) < 4.78 is 16.2. The van der Waals surface area contributed by atoms with Crippen molar-refractivity contribution in [3.05, 3.63) is 54.1 Å². The van der Waals surface area contributed by atoms with E-state index >= 15 is 0 Å². The predicted octanol–water partition coefficient (Wildman–Crippen LogP) is 3.13. The van der Waals surface area contributed by atoms with Crippen LogP contribution in [0.15, 0.2) is 53.5 Å². The molecule has 2 aromatic carbocycles. The summed E-state index contributed by atoms with van der Waals surface area (Å²) in [6, 6.07) is 16.5. The molecule has 1 heterocycles. The molecule has 7 heteroatoms. The topological polar surface area (TPSA) is 67.4 Å². The summed E-state index contributed by atoms with van der Waals surface area (Å²) in [5.41, 5.74) is 3.37. The number of methoxy groups -OCH3 is 1. The van der Waals surface area contributed by atoms with Gasteiger partial charge in [-0.2, -0.15) is 0 Å². The zero-order chi connectivity index (χ0) is 21.0. The molecule has 2 N–H and O–H groups in total. The van der Waals surface area contributed by atoms with Gasteiger partial charge in [0.05, 0.1) is 19.8 Å². The van der Waals surface area contributed by atoms with Crippen molar-refractivity contribution in [3.8, 4) is 5.75 Å². The van der Waals surface area contributed by atoms with Crippen molar-refractivity contribution in [1.29, 1.82) is 0 Å². The Labute approximate surface area is 179 Å². The SMILES string of the molecule is CN=C(NCc1ccc(N2CCOCC2)cc1)Nc1cccc(OCCCOC)c1. The smallest absolute Gasteiger partial charge is 0.195 e. The predicted molar refractivity (Wildman–Crippen MR) is 122 cm³/mol. The molecule has 0 unspecified atom stereocenters. The van der Waals surface area contributed by atoms with E-state index in [1.807, 2.05) is 24.3 Å². The van der Waals surface area contributed by atoms with E-state index in [9.17, 15) is 0 Å². The Hall–Kier alpha value is -2.77. The first-order chi connectivity index (χ1) is 14.8. The summed E-state index contributed by atoms with van der Waals surface area (Å²) in [5, 5.41) is 6.68. The lowest BCUT2D eigenvalue weighted by Crippen LogP contribution is -2.36. The molecule has 0 aromatic heterocycles. The number of hydrogen-bond acceptors (Lipinski definition) is 5. The molecule has 0 radical (unpaired) electrons. The number of nitrogens with zero attached hydrogens (tertiary/aromatic N) is 2. The summed E-state index contributed by atoms with van der Waals surface area (Å²) in [6.45, 7) is 5.50. The van der Waals surface area contributed by atoms with Gasteiger partial charge in [0.15, 0.2) is 5.96 Å². The minimum absolute atomic E-state index is 0.630. The number of ether oxygens (including phenoxy) is 3. The quantitative estimate of drug-likeness (QED) is 0.375. The summed E-state index contributed by atoms with van der Waals surface area (Å²) in [5.74, 6) is 1.54. The van der Waals surface area contributed by atoms with Crippen LogP contribution in [0.4, 0.5) is 11.4 Å². The molecule has 0 bridgehead atoms. The van der Waals surface area contributed by atoms with E-state index in [4.69, 9.17) is 14.2 Å². The average molecular weight is 413 g/mol. The molecule has 162 valence electrons. The molecule has 0 atom stereocenters. The third-order valence-electron chi connectivity index (χ3n) is 4.85. The van der Waals surface area contributed by atoms with E-state index in [2.05, 4.69) is 44.8 Å². The minimum Gasteiger partial charge on any atom is -0.493 e. The van der Waals surface area contributed by atoms with Crippen LogP contribution in [0, 0.1) is 0 Å². The fraction of sp³-hybridized carbons (Fsp3) is 0.435. The zero-order valence-corrected chi connectivity index (χ0v) is 17.9. The molecule has 0 aliphatic carbocycles. The molecule has 0 saturated carbocycles. The van der Waals surface area contributed by atoms with E-state index < -0.39 is 0 Å². The van der Waals surface area contributed by atoms with E-state index in [-0.39, 0.29) is 0 Å². The van der Waals surface area contributed by atoms with Gasteiger partial charge in [-0.1, -0.05) is 18.2 Å². The van der Waals surface area contributed by atoms with Crippen LogP contribution in [-0.4, -0.2) is 59.6 Å². The van der Waals surface area contributed by atoms with Gasteiger partial charge in [0.2, 0.25) is 0 Å². The maximum absolute atomic E-state index is 5.76. The summed E-state index contributed by atoms with van der Waals surface area (Å²) >= 11 is 0. The largest absolute Gasteiger partial charge is 0.493 e. The lowest BCUT2D eigenvalue weighted by Gasteiger charge is -2.28. The van der Waals surface area contributed by atoms with E-state index in [1.165, 1.54) is 11.3 Å². The van der Waals surface area contributed by atoms with Gasteiger partial charge in [0, 0.05) is 64.3 Å². The Kier molecular flexibility index (Phi) is 8.80. The Balaban J connectivity index is 1.48. The highest BCUT2D eigenvalue weighted by Gasteiger charge is 2.10. The average Bonchev–Trinajstić information content (AvgIpc) is 2.81. The van der Waals surface area contributed by atoms with Gasteiger partial charge in [0.1, 0.15) is 5.75 Å². The van der Waals surface area contributed by atoms with Crippen molar-refractivity contribution in [2.24, 2.45) is 4.99 Å². The molecule has 2 aromatic rings. The molecule has 0 spiro atoms. The molecule has 1 aliphatic rings. The van der Waals surface area contributed by atoms with E-state index in [0.29, 0.717) is 25.7 Å². The van der Waals surface area contributed by atoms with Crippen LogP contribution in [0.3, 0.4) is 0 Å². The van der Waals surface area contributed by atoms with Crippen molar-refractivity contribution in [2.75, 3.05) is 63.9 Å². The van der Waals surface area contributed by atoms with E-state index in [0.717, 1.165) is 44.2 Å². The highest BCUT2D eigenvalue weighted by molar-refractivity contribution is 5.93. The second-order valence-electron chi connectivity index (χ2n) is 7.04. The van der Waals surface area contributed by atoms with Crippen LogP contribution in [0.5, 0.6) is 5.75 Å². The van der Waals surface area contributed by atoms with Gasteiger partial charge in [-0.25, -0.2) is 0 Å². The maximum Gasteiger partial charge on any atom is 0.195 e. The number of rotatable bonds is 9. The lowest BCUT2D eigenvalue weighted by molar-refractivity contribution is 0.122. The van der Waals surface area contributed by atoms with Gasteiger partial charge in [-0.15, -0.1) is 0 Å². The van der Waals surface area contributed by atoms with Crippen molar-refractivity contribution in [3.63, 3.8) is 0 Å². The van der Waals surface area contributed by atoms with Crippen molar-refractivity contribution < 1.29 is 14.2 Å². The van der Waals surface area contributed by atoms with E-state index in [1.54, 1.807) is 14.2 Å². The number of guanidine groups is 1. The maximum atomic E-state index is 5.76. The summed E-state index contributed by atoms with van der Waals surface area (Å²) in [7, 11) is 3.46. The summed E-state index contributed by atoms with van der Waals surface area (Å²) in [6.07, 6.45) is 0.863. The number of hydrogen-bond donors (Lipinski definition) is 2. The Morgan fingerprint density at radius 2 is 1.90 bits per heavy atom. The fourth-order valence-corrected chi connectivity index (χ4v) is 3.20. The second-order valence-corrected chi connectivity index (χ2v) is 7.04. The molecule has 1 saturated heterocycles. The number of morpholine rings is 1. The normalized spacial score (nSPS) is 14.5. The number of aliphatic imine (C=N–C) groups is 1. The first-order valence-corrected chi connectivity index (χ1v) is 10.4. The van der Waals surface area contributed by atoms with Crippen molar-refractivity contribution in [1.82, 2.24) is 5.32 Å². The van der Waals surface area contributed by atoms with Gasteiger partial charge < -0.3 is 29.7 Å². The van der Waals surface area contributed by atoms with Gasteiger partial charge >= 0.3 is 0 Å². The van der Waals surface area contributed by atoms with Crippen molar-refractivity contribution in [2.45, 2.75) is 13.0 Å². The third-order valence-corrected chi connectivity index (χ3v) is 4.85. The highest BCUT2D eigenvalue weighted by atomic mass is 16.5. The molecular formula is C23H32N4O3. The second kappa shape index (κ2) is 12.0. The zero-order valence-electron chi connectivity index (χ0n) is 17.9. The molecule has 1 aliphatic heterocycles. The van der Waals surface area contributed by atoms with Crippen LogP contribution < -0.4 is 20.3 Å². The summed E-state index contributed by atoms with van der Waals surface area (Å²) in [4.78, 5) is 6.67. The van der Waals surface area contributed by atoms with Crippen LogP contribution in [0.25, 0.3) is 0 Å².